The van der Waals surface area contributed by atoms with Gasteiger partial charge in [0.25, 0.3) is 5.91 Å². The summed E-state index contributed by atoms with van der Waals surface area (Å²) >= 11 is 0. The molecule has 8 heteroatoms. The van der Waals surface area contributed by atoms with Crippen LogP contribution in [0, 0.1) is 41.4 Å². The van der Waals surface area contributed by atoms with Crippen LogP contribution < -0.4 is 10.6 Å². The van der Waals surface area contributed by atoms with Gasteiger partial charge in [-0.3, -0.25) is 14.4 Å². The van der Waals surface area contributed by atoms with Crippen LogP contribution in [0.5, 0.6) is 0 Å². The fourth-order valence-electron chi connectivity index (χ4n) is 8.17. The Morgan fingerprint density at radius 1 is 1.00 bits per heavy atom. The molecule has 2 saturated heterocycles. The second-order valence-corrected chi connectivity index (χ2v) is 11.4. The Morgan fingerprint density at radius 3 is 2.66 bits per heavy atom. The summed E-state index contributed by atoms with van der Waals surface area (Å²) in [5.74, 6) is 1.75. The predicted octanol–water partition coefficient (Wildman–Crippen LogP) is 1.56. The number of ketones is 1. The van der Waals surface area contributed by atoms with E-state index in [-0.39, 0.29) is 36.1 Å². The van der Waals surface area contributed by atoms with Gasteiger partial charge in [0.05, 0.1) is 18.3 Å². The van der Waals surface area contributed by atoms with E-state index in [4.69, 9.17) is 4.74 Å². The summed E-state index contributed by atoms with van der Waals surface area (Å²) in [6.45, 7) is 2.51. The molecule has 0 radical (unpaired) electrons. The predicted molar refractivity (Wildman–Crippen MR) is 126 cm³/mol. The van der Waals surface area contributed by atoms with Crippen molar-refractivity contribution in [2.45, 2.75) is 63.4 Å². The first-order valence-electron chi connectivity index (χ1n) is 13.1. The zero-order valence-electron chi connectivity index (χ0n) is 19.9. The van der Waals surface area contributed by atoms with Crippen molar-refractivity contribution in [3.05, 3.63) is 35.6 Å². The van der Waals surface area contributed by atoms with Crippen molar-refractivity contribution in [2.24, 2.45) is 41.4 Å². The van der Waals surface area contributed by atoms with E-state index in [2.05, 4.69) is 17.6 Å². The van der Waals surface area contributed by atoms with Crippen molar-refractivity contribution in [3.63, 3.8) is 0 Å². The number of fused-ring (bicyclic) bond motifs is 9. The maximum Gasteiger partial charge on any atom is 0.259 e. The number of Topliss-reactive ketones (excluding diaryl/α,β-unsaturated/α-hetero) is 1. The lowest BCUT2D eigenvalue weighted by Crippen LogP contribution is -2.42. The number of aliphatic hydroxyl groups is 2. The minimum atomic E-state index is -1.16. The van der Waals surface area contributed by atoms with Crippen LogP contribution in [0.4, 0.5) is 0 Å². The van der Waals surface area contributed by atoms with E-state index in [1.54, 1.807) is 6.08 Å². The minimum Gasteiger partial charge on any atom is -0.507 e. The number of nitrogens with one attached hydrogen (secondary N) is 2. The fraction of sp³-hybridized carbons (Fsp3) is 0.667. The fourth-order valence-corrected chi connectivity index (χ4v) is 8.17. The molecule has 3 saturated carbocycles. The highest BCUT2D eigenvalue weighted by atomic mass is 16.6. The molecule has 188 valence electrons. The van der Waals surface area contributed by atoms with Crippen LogP contribution in [-0.4, -0.2) is 58.7 Å². The van der Waals surface area contributed by atoms with Crippen LogP contribution in [0.15, 0.2) is 35.6 Å². The normalized spacial score (nSPS) is 47.0. The second kappa shape index (κ2) is 8.59. The molecule has 3 heterocycles. The topological polar surface area (TPSA) is 128 Å². The van der Waals surface area contributed by atoms with Gasteiger partial charge >= 0.3 is 0 Å². The van der Waals surface area contributed by atoms with E-state index in [0.29, 0.717) is 47.7 Å². The molecule has 11 atom stereocenters. The maximum atomic E-state index is 12.8. The molecular formula is C27H34N2O6. The van der Waals surface area contributed by atoms with E-state index in [0.717, 1.165) is 25.7 Å². The van der Waals surface area contributed by atoms with Gasteiger partial charge in [-0.25, -0.2) is 0 Å². The molecule has 8 nitrogen and oxygen atoms in total. The Morgan fingerprint density at radius 2 is 1.83 bits per heavy atom. The van der Waals surface area contributed by atoms with Crippen molar-refractivity contribution in [3.8, 4) is 0 Å². The van der Waals surface area contributed by atoms with E-state index in [1.165, 1.54) is 6.08 Å². The van der Waals surface area contributed by atoms with E-state index >= 15 is 0 Å². The lowest BCUT2D eigenvalue weighted by Gasteiger charge is -2.41. The molecule has 6 aliphatic rings. The van der Waals surface area contributed by atoms with Crippen LogP contribution in [0.1, 0.15) is 39.0 Å². The number of carbonyl (C=O) groups is 3. The molecule has 3 aliphatic carbocycles. The monoisotopic (exact) mass is 482 g/mol. The summed E-state index contributed by atoms with van der Waals surface area (Å²) in [6.07, 6.45) is 10.8. The van der Waals surface area contributed by atoms with E-state index in [1.807, 2.05) is 12.2 Å². The molecule has 2 bridgehead atoms. The molecule has 6 rings (SSSR count). The number of carbonyl (C=O) groups excluding carboxylic acids is 3. The second-order valence-electron chi connectivity index (χ2n) is 11.4. The summed E-state index contributed by atoms with van der Waals surface area (Å²) in [5.41, 5.74) is -0.298. The first kappa shape index (κ1) is 23.0. The Labute approximate surface area is 204 Å². The number of allylic oxidation sites excluding steroid dienone is 3. The van der Waals surface area contributed by atoms with Crippen molar-refractivity contribution >= 4 is 17.6 Å². The van der Waals surface area contributed by atoms with Gasteiger partial charge in [0.2, 0.25) is 5.91 Å². The molecule has 0 aromatic carbocycles. The molecule has 0 spiro atoms. The van der Waals surface area contributed by atoms with Gasteiger partial charge in [-0.1, -0.05) is 19.1 Å². The smallest absolute Gasteiger partial charge is 0.259 e. The lowest BCUT2D eigenvalue weighted by atomic mass is 9.64. The number of rotatable bonds is 0. The summed E-state index contributed by atoms with van der Waals surface area (Å²) < 4.78 is 5.96. The maximum absolute atomic E-state index is 12.8. The highest BCUT2D eigenvalue weighted by Gasteiger charge is 2.66. The molecule has 0 aromatic rings. The Hall–Kier alpha value is -2.45. The van der Waals surface area contributed by atoms with Gasteiger partial charge in [-0.05, 0) is 85.7 Å². The number of epoxide rings is 1. The highest BCUT2D eigenvalue weighted by Crippen LogP contribution is 2.65. The lowest BCUT2D eigenvalue weighted by molar-refractivity contribution is -0.118. The van der Waals surface area contributed by atoms with Crippen molar-refractivity contribution in [2.75, 3.05) is 6.54 Å². The van der Waals surface area contributed by atoms with Gasteiger partial charge < -0.3 is 25.6 Å². The third-order valence-electron chi connectivity index (χ3n) is 9.73. The number of hydrogen-bond acceptors (Lipinski definition) is 6. The van der Waals surface area contributed by atoms with Crippen molar-refractivity contribution in [1.29, 1.82) is 0 Å². The molecule has 11 unspecified atom stereocenters. The Bertz CT molecular complexity index is 1030. The van der Waals surface area contributed by atoms with E-state index in [9.17, 15) is 24.6 Å². The molecular weight excluding hydrogens is 448 g/mol. The molecule has 2 amide bonds. The first-order chi connectivity index (χ1) is 16.8. The Kier molecular flexibility index (Phi) is 5.64. The first-order valence-corrected chi connectivity index (χ1v) is 13.1. The van der Waals surface area contributed by atoms with Crippen LogP contribution in [0.25, 0.3) is 0 Å². The summed E-state index contributed by atoms with van der Waals surface area (Å²) in [4.78, 5) is 37.6. The SMILES string of the molecule is CC1C2OC2C2CC3C4CC=CC(=O)NCCC(O)C5NC(=O)C(=C(O)C=CC4CCC3C12)C5=O. The Balaban J connectivity index is 1.30. The average molecular weight is 483 g/mol. The van der Waals surface area contributed by atoms with Gasteiger partial charge in [-0.15, -0.1) is 0 Å². The minimum absolute atomic E-state index is 0.111. The quantitative estimate of drug-likeness (QED) is 0.306. The third kappa shape index (κ3) is 3.76. The third-order valence-corrected chi connectivity index (χ3v) is 9.73. The molecule has 5 fully saturated rings. The van der Waals surface area contributed by atoms with Crippen LogP contribution in [-0.2, 0) is 19.1 Å². The number of ether oxygens (including phenoxy) is 1. The standard InChI is InChI=1S/C27H34N2O6/c1-12-21-15-7-5-13-6-8-18(30)22-24(33)23(29-27(22)34)19(31)9-10-28-20(32)4-2-3-14(13)16(15)11-17(21)26-25(12)35-26/h2,4,6,8,12-17,19,21,23,25-26,30-31H,3,5,7,9-11H2,1H3,(H,28,32)(H,29,34). The zero-order chi connectivity index (χ0) is 24.4. The van der Waals surface area contributed by atoms with Crippen molar-refractivity contribution in [1.82, 2.24) is 10.6 Å². The largest absolute Gasteiger partial charge is 0.507 e. The zero-order valence-corrected chi connectivity index (χ0v) is 19.9. The van der Waals surface area contributed by atoms with Gasteiger partial charge in [-0.2, -0.15) is 0 Å². The van der Waals surface area contributed by atoms with Gasteiger partial charge in [0.1, 0.15) is 17.4 Å². The van der Waals surface area contributed by atoms with Gasteiger partial charge in [0, 0.05) is 6.54 Å². The molecule has 3 aliphatic heterocycles. The highest BCUT2D eigenvalue weighted by molar-refractivity contribution is 6.27. The van der Waals surface area contributed by atoms with Crippen LogP contribution in [0.3, 0.4) is 0 Å². The molecule has 4 N–H and O–H groups in total. The number of hydrogen-bond donors (Lipinski definition) is 4. The molecule has 0 aromatic heterocycles. The summed E-state index contributed by atoms with van der Waals surface area (Å²) in [6, 6.07) is -1.12. The van der Waals surface area contributed by atoms with Crippen LogP contribution >= 0.6 is 0 Å². The number of amides is 2. The van der Waals surface area contributed by atoms with Crippen LogP contribution in [0.2, 0.25) is 0 Å². The average Bonchev–Trinajstić information content (AvgIpc) is 3.33. The summed E-state index contributed by atoms with van der Waals surface area (Å²) in [5, 5.41) is 26.3. The summed E-state index contributed by atoms with van der Waals surface area (Å²) in [7, 11) is 0. The van der Waals surface area contributed by atoms with Gasteiger partial charge in [0.15, 0.2) is 5.78 Å². The van der Waals surface area contributed by atoms with Crippen molar-refractivity contribution < 1.29 is 29.3 Å². The number of aliphatic hydroxyl groups excluding tert-OH is 2. The van der Waals surface area contributed by atoms with E-state index < -0.39 is 23.8 Å². The molecule has 35 heavy (non-hydrogen) atoms.